The molecular formula is C12H17F3N2O2S. The zero-order valence-electron chi connectivity index (χ0n) is 11.5. The van der Waals surface area contributed by atoms with Crippen LogP contribution in [0.5, 0.6) is 0 Å². The molecule has 1 N–H and O–H groups in total. The first-order chi connectivity index (χ1) is 9.08. The van der Waals surface area contributed by atoms with Gasteiger partial charge in [0.15, 0.2) is 5.13 Å². The van der Waals surface area contributed by atoms with Crippen molar-refractivity contribution in [2.24, 2.45) is 0 Å². The van der Waals surface area contributed by atoms with Crippen molar-refractivity contribution in [3.8, 4) is 0 Å². The van der Waals surface area contributed by atoms with Crippen molar-refractivity contribution in [1.29, 1.82) is 0 Å². The van der Waals surface area contributed by atoms with Gasteiger partial charge in [-0.2, -0.15) is 13.2 Å². The molecule has 0 atom stereocenters. The first kappa shape index (κ1) is 16.7. The topological polar surface area (TPSA) is 53.4 Å². The van der Waals surface area contributed by atoms with Crippen LogP contribution in [0, 0.1) is 0 Å². The Bertz CT molecular complexity index is 472. The number of alkyl halides is 3. The Hall–Kier alpha value is -1.31. The maximum absolute atomic E-state index is 12.5. The summed E-state index contributed by atoms with van der Waals surface area (Å²) in [7, 11) is 0. The zero-order chi connectivity index (χ0) is 15.6. The molecule has 1 aromatic rings. The lowest BCUT2D eigenvalue weighted by Gasteiger charge is -2.23. The van der Waals surface area contributed by atoms with Gasteiger partial charge in [0, 0.05) is 11.9 Å². The Kier molecular flexibility index (Phi) is 5.01. The minimum Gasteiger partial charge on any atom is -0.481 e. The van der Waals surface area contributed by atoms with E-state index in [9.17, 15) is 18.0 Å². The molecule has 0 aliphatic rings. The van der Waals surface area contributed by atoms with Gasteiger partial charge in [0.25, 0.3) is 0 Å². The van der Waals surface area contributed by atoms with E-state index in [-0.39, 0.29) is 17.4 Å². The Balaban J connectivity index is 3.00. The molecule has 114 valence electrons. The number of aromatic nitrogens is 1. The predicted octanol–water partition coefficient (Wildman–Crippen LogP) is 3.28. The third-order valence-electron chi connectivity index (χ3n) is 2.80. The third-order valence-corrected chi connectivity index (χ3v) is 3.70. The maximum Gasteiger partial charge on any atom is 0.406 e. The van der Waals surface area contributed by atoms with Crippen molar-refractivity contribution >= 4 is 22.4 Å². The van der Waals surface area contributed by atoms with E-state index in [1.807, 2.05) is 0 Å². The summed E-state index contributed by atoms with van der Waals surface area (Å²) in [6.45, 7) is 3.87. The van der Waals surface area contributed by atoms with Crippen LogP contribution in [0.3, 0.4) is 0 Å². The molecule has 1 rings (SSSR count). The lowest BCUT2D eigenvalue weighted by atomic mass is 9.90. The Morgan fingerprint density at radius 1 is 1.45 bits per heavy atom. The molecule has 0 fully saturated rings. The quantitative estimate of drug-likeness (QED) is 0.876. The van der Waals surface area contributed by atoms with Gasteiger partial charge in [-0.25, -0.2) is 4.98 Å². The van der Waals surface area contributed by atoms with E-state index in [1.54, 1.807) is 6.92 Å². The number of carboxylic acid groups (broad SMARTS) is 1. The number of hydrogen-bond donors (Lipinski definition) is 1. The van der Waals surface area contributed by atoms with Crippen LogP contribution < -0.4 is 4.90 Å². The number of hydrogen-bond acceptors (Lipinski definition) is 4. The van der Waals surface area contributed by atoms with Crippen LogP contribution in [0.25, 0.3) is 0 Å². The molecule has 0 aliphatic heterocycles. The summed E-state index contributed by atoms with van der Waals surface area (Å²) in [6, 6.07) is 0. The van der Waals surface area contributed by atoms with Crippen molar-refractivity contribution in [2.45, 2.75) is 38.8 Å². The van der Waals surface area contributed by atoms with Gasteiger partial charge >= 0.3 is 12.1 Å². The molecule has 0 spiro atoms. The van der Waals surface area contributed by atoms with Gasteiger partial charge in [-0.3, -0.25) is 4.79 Å². The summed E-state index contributed by atoms with van der Waals surface area (Å²) in [5.74, 6) is -1.06. The minimum atomic E-state index is -4.32. The van der Waals surface area contributed by atoms with E-state index in [2.05, 4.69) is 4.98 Å². The molecule has 0 saturated carbocycles. The van der Waals surface area contributed by atoms with Gasteiger partial charge < -0.3 is 10.0 Å². The van der Waals surface area contributed by atoms with E-state index in [0.29, 0.717) is 6.42 Å². The SMILES string of the molecule is CCCN(CC(F)(F)F)c1nc(C(C)(C)C(=O)O)cs1. The van der Waals surface area contributed by atoms with E-state index in [1.165, 1.54) is 19.2 Å². The van der Waals surface area contributed by atoms with Gasteiger partial charge in [0.2, 0.25) is 0 Å². The highest BCUT2D eigenvalue weighted by atomic mass is 32.1. The van der Waals surface area contributed by atoms with Gasteiger partial charge in [-0.05, 0) is 20.3 Å². The average molecular weight is 310 g/mol. The van der Waals surface area contributed by atoms with E-state index in [0.717, 1.165) is 16.2 Å². The van der Waals surface area contributed by atoms with Crippen LogP contribution in [0.15, 0.2) is 5.38 Å². The predicted molar refractivity (Wildman–Crippen MR) is 71.3 cm³/mol. The second kappa shape index (κ2) is 5.99. The molecule has 0 aromatic carbocycles. The summed E-state index contributed by atoms with van der Waals surface area (Å²) >= 11 is 1.03. The number of rotatable bonds is 6. The van der Waals surface area contributed by atoms with Crippen LogP contribution >= 0.6 is 11.3 Å². The number of anilines is 1. The molecular weight excluding hydrogens is 293 g/mol. The normalized spacial score (nSPS) is 12.5. The first-order valence-corrected chi connectivity index (χ1v) is 6.97. The highest BCUT2D eigenvalue weighted by Crippen LogP contribution is 2.31. The largest absolute Gasteiger partial charge is 0.481 e. The van der Waals surface area contributed by atoms with Gasteiger partial charge in [-0.1, -0.05) is 6.92 Å². The van der Waals surface area contributed by atoms with Crippen molar-refractivity contribution < 1.29 is 23.1 Å². The van der Waals surface area contributed by atoms with Crippen molar-refractivity contribution in [3.05, 3.63) is 11.1 Å². The fourth-order valence-corrected chi connectivity index (χ4v) is 2.56. The summed E-state index contributed by atoms with van der Waals surface area (Å²) in [6.07, 6.45) is -3.77. The molecule has 0 bridgehead atoms. The third kappa shape index (κ3) is 4.09. The monoisotopic (exact) mass is 310 g/mol. The molecule has 8 heteroatoms. The number of halogens is 3. The highest BCUT2D eigenvalue weighted by Gasteiger charge is 2.35. The minimum absolute atomic E-state index is 0.202. The van der Waals surface area contributed by atoms with Gasteiger partial charge in [-0.15, -0.1) is 11.3 Å². The molecule has 1 heterocycles. The summed E-state index contributed by atoms with van der Waals surface area (Å²) < 4.78 is 37.6. The lowest BCUT2D eigenvalue weighted by Crippen LogP contribution is -2.35. The van der Waals surface area contributed by atoms with Crippen LogP contribution in [-0.2, 0) is 10.2 Å². The zero-order valence-corrected chi connectivity index (χ0v) is 12.3. The van der Waals surface area contributed by atoms with E-state index < -0.39 is 24.1 Å². The summed E-state index contributed by atoms with van der Waals surface area (Å²) in [5, 5.41) is 10.8. The van der Waals surface area contributed by atoms with Crippen LogP contribution in [0.4, 0.5) is 18.3 Å². The number of carboxylic acids is 1. The fourth-order valence-electron chi connectivity index (χ4n) is 1.53. The molecule has 1 aromatic heterocycles. The summed E-state index contributed by atoms with van der Waals surface area (Å²) in [5.41, 5.74) is -0.946. The molecule has 0 amide bonds. The van der Waals surface area contributed by atoms with Crippen molar-refractivity contribution in [1.82, 2.24) is 4.98 Å². The Morgan fingerprint density at radius 3 is 2.50 bits per heavy atom. The van der Waals surface area contributed by atoms with E-state index in [4.69, 9.17) is 5.11 Å². The molecule has 0 unspecified atom stereocenters. The average Bonchev–Trinajstić information content (AvgIpc) is 2.76. The first-order valence-electron chi connectivity index (χ1n) is 6.09. The number of nitrogens with zero attached hydrogens (tertiary/aromatic N) is 2. The van der Waals surface area contributed by atoms with Crippen molar-refractivity contribution in [2.75, 3.05) is 18.0 Å². The highest BCUT2D eigenvalue weighted by molar-refractivity contribution is 7.13. The van der Waals surface area contributed by atoms with Crippen LogP contribution in [0.1, 0.15) is 32.9 Å². The molecule has 0 aliphatic carbocycles. The van der Waals surface area contributed by atoms with Gasteiger partial charge in [0.1, 0.15) is 12.0 Å². The molecule has 0 saturated heterocycles. The Morgan fingerprint density at radius 2 is 2.05 bits per heavy atom. The standard InChI is InChI=1S/C12H17F3N2O2S/c1-4-5-17(7-12(13,14)15)10-16-8(6-20-10)11(2,3)9(18)19/h6H,4-5,7H2,1-3H3,(H,18,19). The fraction of sp³-hybridized carbons (Fsp3) is 0.667. The lowest BCUT2D eigenvalue weighted by molar-refractivity contribution is -0.142. The molecule has 0 radical (unpaired) electrons. The van der Waals surface area contributed by atoms with Gasteiger partial charge in [0.05, 0.1) is 5.69 Å². The Labute approximate surface area is 119 Å². The summed E-state index contributed by atoms with van der Waals surface area (Å²) in [4.78, 5) is 16.3. The van der Waals surface area contributed by atoms with Crippen LogP contribution in [-0.4, -0.2) is 35.3 Å². The van der Waals surface area contributed by atoms with Crippen LogP contribution in [0.2, 0.25) is 0 Å². The van der Waals surface area contributed by atoms with E-state index >= 15 is 0 Å². The van der Waals surface area contributed by atoms with Crippen molar-refractivity contribution in [3.63, 3.8) is 0 Å². The second-order valence-electron chi connectivity index (χ2n) is 4.98. The molecule has 4 nitrogen and oxygen atoms in total. The number of thiazole rings is 1. The number of aliphatic carboxylic acids is 1. The smallest absolute Gasteiger partial charge is 0.406 e. The maximum atomic E-state index is 12.5. The number of carbonyl (C=O) groups is 1. The second-order valence-corrected chi connectivity index (χ2v) is 5.82. The molecule has 20 heavy (non-hydrogen) atoms.